The van der Waals surface area contributed by atoms with Crippen LogP contribution in [0.2, 0.25) is 0 Å². The normalized spacial score (nSPS) is 21.9. The fraction of sp³-hybridized carbons (Fsp3) is 0.818. The Morgan fingerprint density at radius 3 is 2.47 bits per heavy atom. The number of urea groups is 1. The number of rotatable bonds is 5. The molecule has 1 aliphatic rings. The van der Waals surface area contributed by atoms with Gasteiger partial charge in [-0.2, -0.15) is 0 Å². The molecule has 1 fully saturated rings. The maximum absolute atomic E-state index is 11.6. The monoisotopic (exact) mass is 292 g/mol. The third-order valence-corrected chi connectivity index (χ3v) is 5.27. The van der Waals surface area contributed by atoms with Crippen molar-refractivity contribution in [2.75, 3.05) is 12.3 Å². The number of hydrogen-bond acceptors (Lipinski definition) is 4. The van der Waals surface area contributed by atoms with Gasteiger partial charge in [0.05, 0.1) is 17.4 Å². The molecule has 1 aliphatic heterocycles. The molecule has 0 aromatic rings. The van der Waals surface area contributed by atoms with Gasteiger partial charge in [-0.1, -0.05) is 0 Å². The van der Waals surface area contributed by atoms with Crippen LogP contribution >= 0.6 is 0 Å². The van der Waals surface area contributed by atoms with E-state index in [1.165, 1.54) is 0 Å². The summed E-state index contributed by atoms with van der Waals surface area (Å²) >= 11 is 0. The van der Waals surface area contributed by atoms with Crippen LogP contribution in [-0.4, -0.2) is 48.6 Å². The number of carboxylic acids is 1. The van der Waals surface area contributed by atoms with Gasteiger partial charge in [0.15, 0.2) is 9.84 Å². The van der Waals surface area contributed by atoms with E-state index in [9.17, 15) is 18.0 Å². The van der Waals surface area contributed by atoms with Gasteiger partial charge in [0.25, 0.3) is 0 Å². The van der Waals surface area contributed by atoms with E-state index in [0.29, 0.717) is 12.8 Å². The highest BCUT2D eigenvalue weighted by molar-refractivity contribution is 7.92. The number of sulfone groups is 1. The maximum Gasteiger partial charge on any atom is 0.315 e. The molecule has 1 rings (SSSR count). The van der Waals surface area contributed by atoms with E-state index in [0.717, 1.165) is 0 Å². The van der Waals surface area contributed by atoms with Crippen molar-refractivity contribution in [3.63, 3.8) is 0 Å². The second-order valence-corrected chi connectivity index (χ2v) is 7.82. The Balaban J connectivity index is 2.42. The van der Waals surface area contributed by atoms with Crippen molar-refractivity contribution in [2.45, 2.75) is 43.9 Å². The summed E-state index contributed by atoms with van der Waals surface area (Å²) < 4.78 is 23.1. The lowest BCUT2D eigenvalue weighted by molar-refractivity contribution is -0.138. The minimum absolute atomic E-state index is 0.0668. The summed E-state index contributed by atoms with van der Waals surface area (Å²) in [6, 6.07) is -0.548. The van der Waals surface area contributed by atoms with Crippen molar-refractivity contribution >= 4 is 21.8 Å². The molecule has 0 spiro atoms. The van der Waals surface area contributed by atoms with E-state index in [1.54, 1.807) is 13.8 Å². The fourth-order valence-electron chi connectivity index (χ4n) is 2.07. The van der Waals surface area contributed by atoms with Gasteiger partial charge < -0.3 is 15.7 Å². The van der Waals surface area contributed by atoms with Gasteiger partial charge in [0.2, 0.25) is 0 Å². The Bertz CT molecular complexity index is 458. The molecular formula is C11H20N2O5S. The van der Waals surface area contributed by atoms with Crippen LogP contribution in [0, 0.1) is 0 Å². The van der Waals surface area contributed by atoms with E-state index in [2.05, 4.69) is 10.6 Å². The lowest BCUT2D eigenvalue weighted by atomic mass is 10.0. The molecule has 0 radical (unpaired) electrons. The maximum atomic E-state index is 11.6. The number of carbonyl (C=O) groups excluding carboxylic acids is 1. The average molecular weight is 292 g/mol. The zero-order chi connectivity index (χ0) is 14.7. The van der Waals surface area contributed by atoms with Crippen molar-refractivity contribution in [3.8, 4) is 0 Å². The summed E-state index contributed by atoms with van der Waals surface area (Å²) in [5.41, 5.74) is -0.884. The minimum Gasteiger partial charge on any atom is -0.481 e. The van der Waals surface area contributed by atoms with Crippen molar-refractivity contribution in [3.05, 3.63) is 0 Å². The van der Waals surface area contributed by atoms with Gasteiger partial charge >= 0.3 is 12.0 Å². The first-order chi connectivity index (χ1) is 8.62. The summed E-state index contributed by atoms with van der Waals surface area (Å²) in [6.07, 6.45) is 0.976. The lowest BCUT2D eigenvalue weighted by Gasteiger charge is -2.24. The fourth-order valence-corrected chi connectivity index (χ4v) is 3.83. The first kappa shape index (κ1) is 15.7. The molecule has 8 heteroatoms. The van der Waals surface area contributed by atoms with Gasteiger partial charge in [0, 0.05) is 12.1 Å². The molecule has 0 bridgehead atoms. The van der Waals surface area contributed by atoms with Gasteiger partial charge in [-0.3, -0.25) is 4.79 Å². The highest BCUT2D eigenvalue weighted by Crippen LogP contribution is 2.19. The number of hydrogen-bond donors (Lipinski definition) is 3. The highest BCUT2D eigenvalue weighted by Gasteiger charge is 2.32. The summed E-state index contributed by atoms with van der Waals surface area (Å²) in [6.45, 7) is 3.25. The molecule has 0 aliphatic carbocycles. The van der Waals surface area contributed by atoms with Gasteiger partial charge in [-0.15, -0.1) is 0 Å². The van der Waals surface area contributed by atoms with Crippen LogP contribution in [0.3, 0.4) is 0 Å². The topological polar surface area (TPSA) is 113 Å². The molecule has 1 heterocycles. The molecular weight excluding hydrogens is 272 g/mol. The zero-order valence-electron chi connectivity index (χ0n) is 11.1. The van der Waals surface area contributed by atoms with Crippen LogP contribution in [0.4, 0.5) is 4.79 Å². The smallest absolute Gasteiger partial charge is 0.315 e. The largest absolute Gasteiger partial charge is 0.481 e. The molecule has 0 aromatic heterocycles. The molecule has 19 heavy (non-hydrogen) atoms. The van der Waals surface area contributed by atoms with Crippen LogP contribution in [0.5, 0.6) is 0 Å². The molecule has 3 N–H and O–H groups in total. The van der Waals surface area contributed by atoms with Crippen LogP contribution < -0.4 is 10.6 Å². The number of carboxylic acid groups (broad SMARTS) is 1. The summed E-state index contributed by atoms with van der Waals surface area (Å²) in [5.74, 6) is -0.838. The summed E-state index contributed by atoms with van der Waals surface area (Å²) in [7, 11) is -3.08. The first-order valence-electron chi connectivity index (χ1n) is 6.12. The highest BCUT2D eigenvalue weighted by atomic mass is 32.2. The number of aliphatic carboxylic acids is 1. The average Bonchev–Trinajstić information content (AvgIpc) is 2.51. The van der Waals surface area contributed by atoms with E-state index in [1.807, 2.05) is 0 Å². The van der Waals surface area contributed by atoms with Gasteiger partial charge in [0.1, 0.15) is 0 Å². The molecule has 2 amide bonds. The van der Waals surface area contributed by atoms with Crippen molar-refractivity contribution in [1.29, 1.82) is 0 Å². The summed E-state index contributed by atoms with van der Waals surface area (Å²) in [5, 5.41) is 13.2. The van der Waals surface area contributed by atoms with Crippen LogP contribution in [0.15, 0.2) is 0 Å². The van der Waals surface area contributed by atoms with E-state index in [4.69, 9.17) is 5.11 Å². The predicted molar refractivity (Wildman–Crippen MR) is 69.7 cm³/mol. The third-order valence-electron chi connectivity index (χ3n) is 3.00. The second kappa shape index (κ2) is 5.77. The zero-order valence-corrected chi connectivity index (χ0v) is 11.9. The molecule has 7 nitrogen and oxygen atoms in total. The number of nitrogens with one attached hydrogen (secondary N) is 2. The van der Waals surface area contributed by atoms with Crippen molar-refractivity contribution in [1.82, 2.24) is 10.6 Å². The predicted octanol–water partition coefficient (Wildman–Crippen LogP) is 0.116. The summed E-state index contributed by atoms with van der Waals surface area (Å²) in [4.78, 5) is 22.2. The molecule has 1 atom stereocenters. The lowest BCUT2D eigenvalue weighted by Crippen LogP contribution is -2.50. The van der Waals surface area contributed by atoms with Crippen molar-refractivity contribution < 1.29 is 23.1 Å². The van der Waals surface area contributed by atoms with E-state index in [-0.39, 0.29) is 18.7 Å². The van der Waals surface area contributed by atoms with Gasteiger partial charge in [-0.25, -0.2) is 13.2 Å². The van der Waals surface area contributed by atoms with Crippen LogP contribution in [0.25, 0.3) is 0 Å². The molecule has 0 aromatic carbocycles. The number of amides is 2. The molecule has 1 unspecified atom stereocenters. The first-order valence-corrected chi connectivity index (χ1v) is 7.83. The Morgan fingerprint density at radius 1 is 1.37 bits per heavy atom. The number of carbonyl (C=O) groups is 2. The van der Waals surface area contributed by atoms with Crippen molar-refractivity contribution in [2.24, 2.45) is 0 Å². The molecule has 110 valence electrons. The Labute approximate surface area is 112 Å². The minimum atomic E-state index is -3.08. The van der Waals surface area contributed by atoms with Crippen LogP contribution in [0.1, 0.15) is 33.1 Å². The third kappa shape index (κ3) is 5.06. The Kier molecular flexibility index (Phi) is 4.78. The molecule has 1 saturated heterocycles. The second-order valence-electron chi connectivity index (χ2n) is 5.42. The molecule has 0 saturated carbocycles. The van der Waals surface area contributed by atoms with E-state index < -0.39 is 32.6 Å². The SMILES string of the molecule is CC(C)(CC(=O)O)NC(=O)NCC1CCCS1(=O)=O. The van der Waals surface area contributed by atoms with Gasteiger partial charge in [-0.05, 0) is 26.7 Å². The van der Waals surface area contributed by atoms with Crippen LogP contribution in [-0.2, 0) is 14.6 Å². The quantitative estimate of drug-likeness (QED) is 0.666. The van der Waals surface area contributed by atoms with E-state index >= 15 is 0 Å². The standard InChI is InChI=1S/C11H20N2O5S/c1-11(2,6-9(14)15)13-10(16)12-7-8-4-3-5-19(8,17)18/h8H,3-7H2,1-2H3,(H,14,15)(H2,12,13,16). The Hall–Kier alpha value is -1.31. The Morgan fingerprint density at radius 2 is 2.00 bits per heavy atom.